The average molecular weight is 363 g/mol. The summed E-state index contributed by atoms with van der Waals surface area (Å²) in [5.41, 5.74) is 1.52. The van der Waals surface area contributed by atoms with Crippen molar-refractivity contribution >= 4 is 27.5 Å². The van der Waals surface area contributed by atoms with Gasteiger partial charge in [0.2, 0.25) is 0 Å². The first-order chi connectivity index (χ1) is 10.4. The molecule has 0 radical (unpaired) electrons. The van der Waals surface area contributed by atoms with Crippen LogP contribution in [0.2, 0.25) is 0 Å². The summed E-state index contributed by atoms with van der Waals surface area (Å²) in [6.45, 7) is 2.11. The predicted molar refractivity (Wildman–Crippen MR) is 86.1 cm³/mol. The van der Waals surface area contributed by atoms with Crippen LogP contribution in [0.25, 0.3) is 0 Å². The van der Waals surface area contributed by atoms with E-state index in [1.54, 1.807) is 6.07 Å². The molecule has 1 aromatic carbocycles. The van der Waals surface area contributed by atoms with E-state index in [0.717, 1.165) is 24.8 Å². The minimum absolute atomic E-state index is 0.114. The molecule has 2 fully saturated rings. The van der Waals surface area contributed by atoms with Gasteiger partial charge in [-0.3, -0.25) is 9.59 Å². The molecule has 3 nitrogen and oxygen atoms in total. The Labute approximate surface area is 138 Å². The number of hydrogen-bond acceptors (Lipinski definition) is 3. The lowest BCUT2D eigenvalue weighted by atomic mass is 9.55. The van der Waals surface area contributed by atoms with Crippen LogP contribution in [0.15, 0.2) is 16.6 Å². The number of phenolic OH excluding ortho intramolecular Hbond substituents is 1. The Bertz CT molecular complexity index is 696. The van der Waals surface area contributed by atoms with E-state index in [1.165, 1.54) is 0 Å². The second-order valence-electron chi connectivity index (χ2n) is 7.31. The van der Waals surface area contributed by atoms with Gasteiger partial charge in [0.15, 0.2) is 5.78 Å². The van der Waals surface area contributed by atoms with Crippen LogP contribution in [0, 0.1) is 17.3 Å². The summed E-state index contributed by atoms with van der Waals surface area (Å²) in [6, 6.07) is 3.52. The van der Waals surface area contributed by atoms with Crippen LogP contribution < -0.4 is 0 Å². The van der Waals surface area contributed by atoms with Gasteiger partial charge in [-0.15, -0.1) is 0 Å². The van der Waals surface area contributed by atoms with Crippen molar-refractivity contribution < 1.29 is 14.7 Å². The SMILES string of the molecule is C[C@]12CCC3c4cc(Br)c(O)cc4C(=O)CC3C1CCC2=O. The first-order valence-electron chi connectivity index (χ1n) is 8.00. The zero-order chi connectivity index (χ0) is 15.6. The second kappa shape index (κ2) is 4.67. The fourth-order valence-corrected chi connectivity index (χ4v) is 5.54. The highest BCUT2D eigenvalue weighted by atomic mass is 79.9. The third kappa shape index (κ3) is 1.79. The van der Waals surface area contributed by atoms with Crippen molar-refractivity contribution in [2.45, 2.75) is 44.9 Å². The number of Topliss-reactive ketones (excluding diaryl/α,β-unsaturated/α-hetero) is 2. The van der Waals surface area contributed by atoms with Crippen molar-refractivity contribution in [1.82, 2.24) is 0 Å². The average Bonchev–Trinajstić information content (AvgIpc) is 2.78. The van der Waals surface area contributed by atoms with Crippen molar-refractivity contribution in [3.05, 3.63) is 27.7 Å². The topological polar surface area (TPSA) is 54.4 Å². The first-order valence-corrected chi connectivity index (χ1v) is 8.80. The maximum absolute atomic E-state index is 12.6. The molecule has 0 amide bonds. The Morgan fingerprint density at radius 2 is 2.05 bits per heavy atom. The summed E-state index contributed by atoms with van der Waals surface area (Å²) in [5.74, 6) is 1.59. The monoisotopic (exact) mass is 362 g/mol. The van der Waals surface area contributed by atoms with E-state index in [1.807, 2.05) is 6.07 Å². The summed E-state index contributed by atoms with van der Waals surface area (Å²) in [4.78, 5) is 24.9. The molecule has 4 rings (SSSR count). The van der Waals surface area contributed by atoms with Crippen LogP contribution in [0.4, 0.5) is 0 Å². The Balaban J connectivity index is 1.81. The van der Waals surface area contributed by atoms with Crippen molar-refractivity contribution in [3.63, 3.8) is 0 Å². The van der Waals surface area contributed by atoms with Gasteiger partial charge in [-0.1, -0.05) is 6.92 Å². The standard InChI is InChI=1S/C18H19BrO3/c1-18-5-4-9-10-6-14(19)16(21)8-12(10)15(20)7-11(9)13(18)2-3-17(18)22/h6,8-9,11,13,21H,2-5,7H2,1H3/t9?,11?,13?,18-/m0/s1. The molecule has 22 heavy (non-hydrogen) atoms. The molecular weight excluding hydrogens is 344 g/mol. The first kappa shape index (κ1) is 14.4. The number of phenols is 1. The summed E-state index contributed by atoms with van der Waals surface area (Å²) in [6.07, 6.45) is 4.00. The smallest absolute Gasteiger partial charge is 0.163 e. The molecule has 3 aliphatic carbocycles. The van der Waals surface area contributed by atoms with Gasteiger partial charge in [0.05, 0.1) is 4.47 Å². The van der Waals surface area contributed by atoms with Crippen molar-refractivity contribution in [2.75, 3.05) is 0 Å². The van der Waals surface area contributed by atoms with E-state index in [2.05, 4.69) is 22.9 Å². The van der Waals surface area contributed by atoms with E-state index < -0.39 is 0 Å². The number of fused-ring (bicyclic) bond motifs is 5. The van der Waals surface area contributed by atoms with Gasteiger partial charge in [0.1, 0.15) is 11.5 Å². The minimum Gasteiger partial charge on any atom is -0.507 e. The molecule has 2 saturated carbocycles. The summed E-state index contributed by atoms with van der Waals surface area (Å²) in [7, 11) is 0. The van der Waals surface area contributed by atoms with Gasteiger partial charge in [-0.05, 0) is 70.6 Å². The number of hydrogen-bond donors (Lipinski definition) is 1. The maximum atomic E-state index is 12.6. The van der Waals surface area contributed by atoms with Crippen LogP contribution in [0.5, 0.6) is 5.75 Å². The molecule has 1 aromatic rings. The van der Waals surface area contributed by atoms with Gasteiger partial charge in [0, 0.05) is 23.8 Å². The van der Waals surface area contributed by atoms with Gasteiger partial charge in [0.25, 0.3) is 0 Å². The molecule has 0 aliphatic heterocycles. The highest BCUT2D eigenvalue weighted by Gasteiger charge is 2.55. The molecule has 0 aromatic heterocycles. The Morgan fingerprint density at radius 1 is 1.27 bits per heavy atom. The molecule has 0 saturated heterocycles. The Morgan fingerprint density at radius 3 is 2.82 bits per heavy atom. The maximum Gasteiger partial charge on any atom is 0.163 e. The lowest BCUT2D eigenvalue weighted by molar-refractivity contribution is -0.129. The van der Waals surface area contributed by atoms with Crippen LogP contribution in [-0.4, -0.2) is 16.7 Å². The van der Waals surface area contributed by atoms with Crippen molar-refractivity contribution in [3.8, 4) is 5.75 Å². The van der Waals surface area contributed by atoms with Gasteiger partial charge in [-0.2, -0.15) is 0 Å². The molecule has 3 unspecified atom stereocenters. The number of rotatable bonds is 0. The summed E-state index contributed by atoms with van der Waals surface area (Å²) in [5, 5.41) is 9.87. The predicted octanol–water partition coefficient (Wildman–Crippen LogP) is 4.22. The molecule has 0 heterocycles. The normalized spacial score (nSPS) is 36.7. The molecular formula is C18H19BrO3. The molecule has 1 N–H and O–H groups in total. The Hall–Kier alpha value is -1.16. The van der Waals surface area contributed by atoms with Crippen molar-refractivity contribution in [2.24, 2.45) is 17.3 Å². The van der Waals surface area contributed by atoms with Crippen molar-refractivity contribution in [1.29, 1.82) is 0 Å². The number of aromatic hydroxyl groups is 1. The van der Waals surface area contributed by atoms with E-state index in [4.69, 9.17) is 0 Å². The molecule has 0 spiro atoms. The van der Waals surface area contributed by atoms with E-state index in [9.17, 15) is 14.7 Å². The molecule has 4 atom stereocenters. The van der Waals surface area contributed by atoms with Crippen LogP contribution in [0.3, 0.4) is 0 Å². The summed E-state index contributed by atoms with van der Waals surface area (Å²) >= 11 is 3.37. The lowest BCUT2D eigenvalue weighted by Gasteiger charge is -2.47. The second-order valence-corrected chi connectivity index (χ2v) is 8.17. The quantitative estimate of drug-likeness (QED) is 0.751. The zero-order valence-corrected chi connectivity index (χ0v) is 14.1. The molecule has 4 heteroatoms. The Kier molecular flexibility index (Phi) is 3.06. The zero-order valence-electron chi connectivity index (χ0n) is 12.6. The molecule has 0 bridgehead atoms. The van der Waals surface area contributed by atoms with Gasteiger partial charge < -0.3 is 5.11 Å². The van der Waals surface area contributed by atoms with Crippen LogP contribution in [-0.2, 0) is 4.79 Å². The summed E-state index contributed by atoms with van der Waals surface area (Å²) < 4.78 is 0.649. The molecule has 3 aliphatic rings. The largest absolute Gasteiger partial charge is 0.507 e. The van der Waals surface area contributed by atoms with E-state index in [0.29, 0.717) is 40.5 Å². The minimum atomic E-state index is -0.215. The van der Waals surface area contributed by atoms with E-state index in [-0.39, 0.29) is 22.9 Å². The molecule has 116 valence electrons. The van der Waals surface area contributed by atoms with Crippen LogP contribution >= 0.6 is 15.9 Å². The number of ketones is 2. The van der Waals surface area contributed by atoms with Gasteiger partial charge in [-0.25, -0.2) is 0 Å². The number of carbonyl (C=O) groups excluding carboxylic acids is 2. The number of carbonyl (C=O) groups is 2. The van der Waals surface area contributed by atoms with E-state index >= 15 is 0 Å². The third-order valence-corrected chi connectivity index (χ3v) is 7.02. The number of benzene rings is 1. The number of halogens is 1. The third-order valence-electron chi connectivity index (χ3n) is 6.39. The lowest BCUT2D eigenvalue weighted by Crippen LogP contribution is -2.43. The van der Waals surface area contributed by atoms with Crippen LogP contribution in [0.1, 0.15) is 60.9 Å². The highest BCUT2D eigenvalue weighted by Crippen LogP contribution is 2.59. The highest BCUT2D eigenvalue weighted by molar-refractivity contribution is 9.10. The fourth-order valence-electron chi connectivity index (χ4n) is 5.18. The fraction of sp³-hybridized carbons (Fsp3) is 0.556. The van der Waals surface area contributed by atoms with Gasteiger partial charge >= 0.3 is 0 Å².